The average Bonchev–Trinajstić information content (AvgIpc) is 2.85. The lowest BCUT2D eigenvalue weighted by molar-refractivity contribution is 0.563. The second-order valence-electron chi connectivity index (χ2n) is 5.86. The van der Waals surface area contributed by atoms with Crippen LogP contribution in [0.25, 0.3) is 11.1 Å². The van der Waals surface area contributed by atoms with Crippen LogP contribution >= 0.6 is 11.8 Å². The summed E-state index contributed by atoms with van der Waals surface area (Å²) in [7, 11) is 0. The minimum absolute atomic E-state index is 0.519. The second-order valence-corrected chi connectivity index (χ2v) is 7.33. The van der Waals surface area contributed by atoms with Crippen LogP contribution in [0, 0.1) is 0 Å². The molecule has 2 heteroatoms. The van der Waals surface area contributed by atoms with Gasteiger partial charge in [0, 0.05) is 23.6 Å². The first kappa shape index (κ1) is 12.5. The maximum absolute atomic E-state index is 3.68. The first-order valence-electron chi connectivity index (χ1n) is 7.37. The van der Waals surface area contributed by atoms with Crippen molar-refractivity contribution in [1.82, 2.24) is 5.32 Å². The summed E-state index contributed by atoms with van der Waals surface area (Å²) in [5.74, 6) is 1.19. The summed E-state index contributed by atoms with van der Waals surface area (Å²) in [6.07, 6.45) is 1.09. The standard InChI is InChI=1S/C18H19NS/c1-12-10-19-18(11-20-12)14-6-7-17-15(9-14)8-13-4-2-3-5-16(13)17/h2-7,9,12,18-19H,8,10-11H2,1H3. The Bertz CT molecular complexity index is 642. The lowest BCUT2D eigenvalue weighted by Gasteiger charge is -2.28. The van der Waals surface area contributed by atoms with Crippen molar-refractivity contribution in [2.45, 2.75) is 24.6 Å². The SMILES string of the molecule is CC1CNC(c2ccc3c(c2)Cc2ccccc2-3)CS1. The van der Waals surface area contributed by atoms with E-state index in [-0.39, 0.29) is 0 Å². The molecule has 102 valence electrons. The molecule has 2 aromatic carbocycles. The molecular formula is C18H19NS. The van der Waals surface area contributed by atoms with Crippen LogP contribution in [-0.4, -0.2) is 17.5 Å². The Morgan fingerprint density at radius 2 is 1.90 bits per heavy atom. The van der Waals surface area contributed by atoms with Gasteiger partial charge < -0.3 is 5.32 Å². The molecule has 2 aromatic rings. The Labute approximate surface area is 124 Å². The van der Waals surface area contributed by atoms with Gasteiger partial charge in [-0.1, -0.05) is 49.4 Å². The van der Waals surface area contributed by atoms with Crippen LogP contribution in [0.5, 0.6) is 0 Å². The van der Waals surface area contributed by atoms with Crippen LogP contribution in [0.3, 0.4) is 0 Å². The van der Waals surface area contributed by atoms with Gasteiger partial charge in [-0.25, -0.2) is 0 Å². The van der Waals surface area contributed by atoms with Gasteiger partial charge in [-0.3, -0.25) is 0 Å². The quantitative estimate of drug-likeness (QED) is 0.723. The minimum atomic E-state index is 0.519. The predicted molar refractivity (Wildman–Crippen MR) is 87.3 cm³/mol. The van der Waals surface area contributed by atoms with Crippen LogP contribution in [0.15, 0.2) is 42.5 Å². The highest BCUT2D eigenvalue weighted by atomic mass is 32.2. The van der Waals surface area contributed by atoms with E-state index >= 15 is 0 Å². The van der Waals surface area contributed by atoms with E-state index in [1.165, 1.54) is 33.6 Å². The van der Waals surface area contributed by atoms with E-state index in [0.29, 0.717) is 6.04 Å². The third-order valence-corrected chi connectivity index (χ3v) is 5.68. The number of rotatable bonds is 1. The molecule has 1 nitrogen and oxygen atoms in total. The summed E-state index contributed by atoms with van der Waals surface area (Å²) in [4.78, 5) is 0. The summed E-state index contributed by atoms with van der Waals surface area (Å²) >= 11 is 2.08. The molecule has 1 aliphatic carbocycles. The Balaban J connectivity index is 1.65. The van der Waals surface area contributed by atoms with Crippen molar-refractivity contribution >= 4 is 11.8 Å². The van der Waals surface area contributed by atoms with E-state index in [9.17, 15) is 0 Å². The summed E-state index contributed by atoms with van der Waals surface area (Å²) in [5.41, 5.74) is 7.28. The van der Waals surface area contributed by atoms with Crippen molar-refractivity contribution in [3.63, 3.8) is 0 Å². The van der Waals surface area contributed by atoms with Gasteiger partial charge in [-0.05, 0) is 34.2 Å². The molecule has 0 radical (unpaired) electrons. The van der Waals surface area contributed by atoms with Crippen LogP contribution in [0.4, 0.5) is 0 Å². The number of nitrogens with one attached hydrogen (secondary N) is 1. The lowest BCUT2D eigenvalue weighted by atomic mass is 10.00. The van der Waals surface area contributed by atoms with Crippen LogP contribution in [0.1, 0.15) is 29.7 Å². The van der Waals surface area contributed by atoms with Crippen molar-refractivity contribution in [2.24, 2.45) is 0 Å². The fourth-order valence-electron chi connectivity index (χ4n) is 3.28. The zero-order chi connectivity index (χ0) is 13.5. The smallest absolute Gasteiger partial charge is 0.0412 e. The molecule has 2 unspecified atom stereocenters. The first-order chi connectivity index (χ1) is 9.81. The molecule has 0 spiro atoms. The van der Waals surface area contributed by atoms with Gasteiger partial charge in [0.15, 0.2) is 0 Å². The zero-order valence-electron chi connectivity index (χ0n) is 11.7. The number of benzene rings is 2. The Hall–Kier alpha value is -1.25. The number of fused-ring (bicyclic) bond motifs is 3. The van der Waals surface area contributed by atoms with Gasteiger partial charge in [0.2, 0.25) is 0 Å². The van der Waals surface area contributed by atoms with Crippen LogP contribution in [-0.2, 0) is 6.42 Å². The highest BCUT2D eigenvalue weighted by Crippen LogP contribution is 2.38. The Morgan fingerprint density at radius 1 is 1.05 bits per heavy atom. The monoisotopic (exact) mass is 281 g/mol. The number of hydrogen-bond donors (Lipinski definition) is 1. The molecule has 1 heterocycles. The molecule has 4 rings (SSSR count). The normalized spacial score (nSPS) is 24.2. The van der Waals surface area contributed by atoms with Gasteiger partial charge in [0.25, 0.3) is 0 Å². The molecule has 2 atom stereocenters. The predicted octanol–water partition coefficient (Wildman–Crippen LogP) is 4.02. The molecule has 1 saturated heterocycles. The van der Waals surface area contributed by atoms with E-state index in [2.05, 4.69) is 66.5 Å². The molecule has 0 saturated carbocycles. The van der Waals surface area contributed by atoms with Crippen molar-refractivity contribution in [3.8, 4) is 11.1 Å². The van der Waals surface area contributed by atoms with E-state index < -0.39 is 0 Å². The van der Waals surface area contributed by atoms with Gasteiger partial charge in [-0.15, -0.1) is 0 Å². The third kappa shape index (κ3) is 2.07. The third-order valence-electron chi connectivity index (χ3n) is 4.42. The van der Waals surface area contributed by atoms with E-state index in [4.69, 9.17) is 0 Å². The van der Waals surface area contributed by atoms with Crippen LogP contribution in [0.2, 0.25) is 0 Å². The van der Waals surface area contributed by atoms with Gasteiger partial charge in [0.05, 0.1) is 0 Å². The van der Waals surface area contributed by atoms with E-state index in [0.717, 1.165) is 18.2 Å². The van der Waals surface area contributed by atoms with Gasteiger partial charge in [0.1, 0.15) is 0 Å². The summed E-state index contributed by atoms with van der Waals surface area (Å²) in [5, 5.41) is 4.42. The first-order valence-corrected chi connectivity index (χ1v) is 8.42. The molecule has 1 aliphatic heterocycles. The molecule has 0 amide bonds. The molecule has 0 aromatic heterocycles. The molecule has 0 bridgehead atoms. The zero-order valence-corrected chi connectivity index (χ0v) is 12.5. The summed E-state index contributed by atoms with van der Waals surface area (Å²) < 4.78 is 0. The minimum Gasteiger partial charge on any atom is -0.308 e. The molecule has 2 aliphatic rings. The largest absolute Gasteiger partial charge is 0.308 e. The van der Waals surface area contributed by atoms with Crippen molar-refractivity contribution in [2.75, 3.05) is 12.3 Å². The second kappa shape index (κ2) is 4.94. The highest BCUT2D eigenvalue weighted by molar-refractivity contribution is 8.00. The summed E-state index contributed by atoms with van der Waals surface area (Å²) in [6, 6.07) is 16.4. The topological polar surface area (TPSA) is 12.0 Å². The fraction of sp³-hybridized carbons (Fsp3) is 0.333. The lowest BCUT2D eigenvalue weighted by Crippen LogP contribution is -2.34. The fourth-order valence-corrected chi connectivity index (χ4v) is 4.33. The van der Waals surface area contributed by atoms with Crippen molar-refractivity contribution < 1.29 is 0 Å². The van der Waals surface area contributed by atoms with E-state index in [1.54, 1.807) is 0 Å². The molecular weight excluding hydrogens is 262 g/mol. The average molecular weight is 281 g/mol. The summed E-state index contributed by atoms with van der Waals surface area (Å²) in [6.45, 7) is 3.42. The highest BCUT2D eigenvalue weighted by Gasteiger charge is 2.22. The maximum atomic E-state index is 3.68. The molecule has 1 N–H and O–H groups in total. The van der Waals surface area contributed by atoms with Gasteiger partial charge in [-0.2, -0.15) is 11.8 Å². The molecule has 20 heavy (non-hydrogen) atoms. The maximum Gasteiger partial charge on any atom is 0.0412 e. The van der Waals surface area contributed by atoms with Crippen molar-refractivity contribution in [3.05, 3.63) is 59.2 Å². The Kier molecular flexibility index (Phi) is 3.08. The van der Waals surface area contributed by atoms with Crippen LogP contribution < -0.4 is 5.32 Å². The van der Waals surface area contributed by atoms with Gasteiger partial charge >= 0.3 is 0 Å². The number of hydrogen-bond acceptors (Lipinski definition) is 2. The molecule has 1 fully saturated rings. The number of thioether (sulfide) groups is 1. The van der Waals surface area contributed by atoms with E-state index in [1.807, 2.05) is 0 Å². The Morgan fingerprint density at radius 3 is 2.75 bits per heavy atom. The van der Waals surface area contributed by atoms with Crippen molar-refractivity contribution in [1.29, 1.82) is 0 Å².